The fraction of sp³-hybridized carbons (Fsp3) is 0.920. The predicted octanol–water partition coefficient (Wildman–Crippen LogP) is 4.77. The van der Waals surface area contributed by atoms with Gasteiger partial charge in [0, 0.05) is 18.8 Å². The molecule has 0 heterocycles. The van der Waals surface area contributed by atoms with Gasteiger partial charge in [0.1, 0.15) is 5.78 Å². The molecular formula is C25H40O4. The lowest BCUT2D eigenvalue weighted by atomic mass is 9.44. The number of fused-ring (bicyclic) bond motifs is 5. The molecule has 29 heavy (non-hydrogen) atoms. The number of methoxy groups -OCH3 is 1. The van der Waals surface area contributed by atoms with Crippen molar-refractivity contribution in [1.29, 1.82) is 0 Å². The first-order chi connectivity index (χ1) is 13.7. The van der Waals surface area contributed by atoms with Crippen LogP contribution >= 0.6 is 0 Å². The van der Waals surface area contributed by atoms with Crippen molar-refractivity contribution < 1.29 is 19.4 Å². The van der Waals surface area contributed by atoms with Gasteiger partial charge in [-0.15, -0.1) is 0 Å². The maximum absolute atomic E-state index is 13.2. The van der Waals surface area contributed by atoms with Gasteiger partial charge in [0.25, 0.3) is 0 Å². The lowest BCUT2D eigenvalue weighted by Crippen LogP contribution is -2.57. The summed E-state index contributed by atoms with van der Waals surface area (Å²) in [5, 5.41) is 10.2. The average molecular weight is 405 g/mol. The second kappa shape index (κ2) is 7.66. The largest absolute Gasteiger partial charge is 0.469 e. The van der Waals surface area contributed by atoms with Gasteiger partial charge in [-0.3, -0.25) is 9.59 Å². The molecule has 4 fully saturated rings. The van der Waals surface area contributed by atoms with Gasteiger partial charge >= 0.3 is 5.97 Å². The Kier molecular flexibility index (Phi) is 5.63. The number of hydrogen-bond acceptors (Lipinski definition) is 4. The standard InChI is InChI=1S/C25H40O4/c1-15(5-8-23(28)29-4)18-6-7-19-17-14-22(27)21-13-16(26)9-11-25(21,3)20(17)10-12-24(18,19)2/h15-21,26H,5-14H2,1-4H3/t15-,16-,17+,18-,19+,20+,21+,24-,25-/m1/s1. The number of aliphatic hydroxyl groups excluding tert-OH is 1. The molecule has 0 saturated heterocycles. The number of ketones is 1. The van der Waals surface area contributed by atoms with Crippen molar-refractivity contribution in [2.45, 2.75) is 91.1 Å². The Hall–Kier alpha value is -0.900. The SMILES string of the molecule is COC(=O)CC[C@@H](C)[C@H]1CC[C@H]2[C@@H]3CC(=O)[C@@H]4C[C@H](O)CC[C@]4(C)[C@H]3CC[C@]12C. The first kappa shape index (κ1) is 21.3. The molecule has 164 valence electrons. The van der Waals surface area contributed by atoms with E-state index in [4.69, 9.17) is 4.74 Å². The highest BCUT2D eigenvalue weighted by molar-refractivity contribution is 5.83. The molecule has 4 aliphatic rings. The molecular weight excluding hydrogens is 364 g/mol. The van der Waals surface area contributed by atoms with Gasteiger partial charge in [0.05, 0.1) is 13.2 Å². The van der Waals surface area contributed by atoms with Crippen molar-refractivity contribution in [2.24, 2.45) is 46.3 Å². The molecule has 4 saturated carbocycles. The van der Waals surface area contributed by atoms with Crippen LogP contribution in [0.25, 0.3) is 0 Å². The average Bonchev–Trinajstić information content (AvgIpc) is 3.05. The van der Waals surface area contributed by atoms with E-state index < -0.39 is 0 Å². The number of carbonyl (C=O) groups is 2. The number of ether oxygens (including phenoxy) is 1. The summed E-state index contributed by atoms with van der Waals surface area (Å²) in [5.74, 6) is 3.37. The van der Waals surface area contributed by atoms with Crippen molar-refractivity contribution in [2.75, 3.05) is 7.11 Å². The molecule has 4 aliphatic carbocycles. The molecule has 0 aromatic carbocycles. The van der Waals surface area contributed by atoms with Crippen molar-refractivity contribution >= 4 is 11.8 Å². The third-order valence-corrected chi connectivity index (χ3v) is 10.2. The number of carbonyl (C=O) groups excluding carboxylic acids is 2. The first-order valence-corrected chi connectivity index (χ1v) is 12.0. The topological polar surface area (TPSA) is 63.6 Å². The van der Waals surface area contributed by atoms with E-state index >= 15 is 0 Å². The van der Waals surface area contributed by atoms with E-state index in [9.17, 15) is 14.7 Å². The van der Waals surface area contributed by atoms with Crippen molar-refractivity contribution in [3.8, 4) is 0 Å². The second-order valence-electron chi connectivity index (χ2n) is 11.4. The molecule has 0 aromatic heterocycles. The van der Waals surface area contributed by atoms with Gasteiger partial charge in [0.2, 0.25) is 0 Å². The van der Waals surface area contributed by atoms with Crippen LogP contribution in [0.5, 0.6) is 0 Å². The van der Waals surface area contributed by atoms with E-state index in [1.54, 1.807) is 0 Å². The Morgan fingerprint density at radius 1 is 1.14 bits per heavy atom. The Morgan fingerprint density at radius 2 is 1.83 bits per heavy atom. The van der Waals surface area contributed by atoms with Crippen LogP contribution in [0.4, 0.5) is 0 Å². The van der Waals surface area contributed by atoms with Crippen LogP contribution in [0, 0.1) is 46.3 Å². The summed E-state index contributed by atoms with van der Waals surface area (Å²) in [6, 6.07) is 0. The van der Waals surface area contributed by atoms with Gasteiger partial charge in [-0.25, -0.2) is 0 Å². The number of hydrogen-bond donors (Lipinski definition) is 1. The van der Waals surface area contributed by atoms with E-state index in [-0.39, 0.29) is 23.4 Å². The molecule has 0 unspecified atom stereocenters. The van der Waals surface area contributed by atoms with E-state index in [1.807, 2.05) is 0 Å². The third-order valence-electron chi connectivity index (χ3n) is 10.2. The fourth-order valence-corrected chi connectivity index (χ4v) is 8.64. The third kappa shape index (κ3) is 3.38. The van der Waals surface area contributed by atoms with Crippen LogP contribution in [0.1, 0.15) is 85.0 Å². The van der Waals surface area contributed by atoms with Crippen molar-refractivity contribution in [1.82, 2.24) is 0 Å². The summed E-state index contributed by atoms with van der Waals surface area (Å²) in [5.41, 5.74) is 0.392. The molecule has 9 atom stereocenters. The number of esters is 1. The fourth-order valence-electron chi connectivity index (χ4n) is 8.64. The summed E-state index contributed by atoms with van der Waals surface area (Å²) in [4.78, 5) is 24.8. The molecule has 0 radical (unpaired) electrons. The minimum Gasteiger partial charge on any atom is -0.469 e. The summed E-state index contributed by atoms with van der Waals surface area (Å²) in [7, 11) is 1.47. The Morgan fingerprint density at radius 3 is 2.55 bits per heavy atom. The Bertz CT molecular complexity index is 659. The van der Waals surface area contributed by atoms with E-state index in [2.05, 4.69) is 20.8 Å². The highest BCUT2D eigenvalue weighted by Gasteiger charge is 2.62. The van der Waals surface area contributed by atoms with Gasteiger partial charge in [-0.05, 0) is 91.8 Å². The van der Waals surface area contributed by atoms with E-state index in [1.165, 1.54) is 32.8 Å². The van der Waals surface area contributed by atoms with Crippen LogP contribution in [-0.4, -0.2) is 30.1 Å². The summed E-state index contributed by atoms with van der Waals surface area (Å²) in [6.07, 6.45) is 9.39. The normalized spacial score (nSPS) is 47.7. The maximum atomic E-state index is 13.2. The monoisotopic (exact) mass is 404 g/mol. The zero-order chi connectivity index (χ0) is 21.0. The number of rotatable bonds is 4. The second-order valence-corrected chi connectivity index (χ2v) is 11.4. The molecule has 4 rings (SSSR count). The smallest absolute Gasteiger partial charge is 0.305 e. The maximum Gasteiger partial charge on any atom is 0.305 e. The molecule has 0 spiro atoms. The quantitative estimate of drug-likeness (QED) is 0.685. The highest BCUT2D eigenvalue weighted by atomic mass is 16.5. The molecule has 4 heteroatoms. The van der Waals surface area contributed by atoms with Gasteiger partial charge < -0.3 is 9.84 Å². The summed E-state index contributed by atoms with van der Waals surface area (Å²) >= 11 is 0. The highest BCUT2D eigenvalue weighted by Crippen LogP contribution is 2.67. The van der Waals surface area contributed by atoms with Crippen molar-refractivity contribution in [3.05, 3.63) is 0 Å². The molecule has 1 N–H and O–H groups in total. The van der Waals surface area contributed by atoms with Gasteiger partial charge in [-0.1, -0.05) is 20.8 Å². The van der Waals surface area contributed by atoms with Crippen LogP contribution in [0.2, 0.25) is 0 Å². The van der Waals surface area contributed by atoms with Crippen LogP contribution in [0.3, 0.4) is 0 Å². The van der Waals surface area contributed by atoms with Gasteiger partial charge in [0.15, 0.2) is 0 Å². The Balaban J connectivity index is 1.52. The lowest BCUT2D eigenvalue weighted by molar-refractivity contribution is -0.160. The number of Topliss-reactive ketones (excluding diaryl/α,β-unsaturated/α-hetero) is 1. The van der Waals surface area contributed by atoms with Crippen LogP contribution in [-0.2, 0) is 14.3 Å². The molecule has 0 aromatic rings. The molecule has 4 nitrogen and oxygen atoms in total. The van der Waals surface area contributed by atoms with Crippen LogP contribution in [0.15, 0.2) is 0 Å². The van der Waals surface area contributed by atoms with Crippen LogP contribution < -0.4 is 0 Å². The molecule has 0 bridgehead atoms. The number of aliphatic hydroxyl groups is 1. The van der Waals surface area contributed by atoms with E-state index in [0.29, 0.717) is 53.6 Å². The minimum absolute atomic E-state index is 0.0769. The summed E-state index contributed by atoms with van der Waals surface area (Å²) < 4.78 is 4.85. The minimum atomic E-state index is -0.283. The van der Waals surface area contributed by atoms with E-state index in [0.717, 1.165) is 25.7 Å². The molecule has 0 amide bonds. The Labute approximate surface area is 176 Å². The van der Waals surface area contributed by atoms with Gasteiger partial charge in [-0.2, -0.15) is 0 Å². The zero-order valence-electron chi connectivity index (χ0n) is 18.8. The first-order valence-electron chi connectivity index (χ1n) is 12.0. The zero-order valence-corrected chi connectivity index (χ0v) is 18.8. The molecule has 0 aliphatic heterocycles. The predicted molar refractivity (Wildman–Crippen MR) is 112 cm³/mol. The van der Waals surface area contributed by atoms with Crippen molar-refractivity contribution in [3.63, 3.8) is 0 Å². The summed E-state index contributed by atoms with van der Waals surface area (Å²) in [6.45, 7) is 7.18. The lowest BCUT2D eigenvalue weighted by Gasteiger charge is -2.60.